The first-order valence-electron chi connectivity index (χ1n) is 10.6. The van der Waals surface area contributed by atoms with Crippen molar-refractivity contribution in [2.24, 2.45) is 46.8 Å². The third kappa shape index (κ3) is 2.50. The summed E-state index contributed by atoms with van der Waals surface area (Å²) in [6.07, 6.45) is 12.3. The van der Waals surface area contributed by atoms with E-state index in [1.54, 1.807) is 0 Å². The molecular formula is C22H36O2. The highest BCUT2D eigenvalue weighted by Crippen LogP contribution is 2.64. The van der Waals surface area contributed by atoms with Gasteiger partial charge in [0.05, 0.1) is 6.61 Å². The number of fused-ring (bicyclic) bond motifs is 5. The summed E-state index contributed by atoms with van der Waals surface area (Å²) in [6.45, 7) is 5.10. The van der Waals surface area contributed by atoms with Gasteiger partial charge in [-0.1, -0.05) is 13.3 Å². The summed E-state index contributed by atoms with van der Waals surface area (Å²) in [4.78, 5) is 12.3. The van der Waals surface area contributed by atoms with E-state index >= 15 is 0 Å². The van der Waals surface area contributed by atoms with Gasteiger partial charge in [0.1, 0.15) is 5.78 Å². The van der Waals surface area contributed by atoms with Gasteiger partial charge in [-0.05, 0) is 93.8 Å². The van der Waals surface area contributed by atoms with Gasteiger partial charge in [0.25, 0.3) is 0 Å². The lowest BCUT2D eigenvalue weighted by atomic mass is 9.49. The Hall–Kier alpha value is -0.370. The number of methoxy groups -OCH3 is 1. The van der Waals surface area contributed by atoms with Gasteiger partial charge in [-0.25, -0.2) is 0 Å². The zero-order valence-electron chi connectivity index (χ0n) is 15.9. The second kappa shape index (κ2) is 6.41. The predicted molar refractivity (Wildman–Crippen MR) is 96.6 cm³/mol. The van der Waals surface area contributed by atoms with E-state index < -0.39 is 0 Å². The van der Waals surface area contributed by atoms with Crippen molar-refractivity contribution in [3.63, 3.8) is 0 Å². The Kier molecular flexibility index (Phi) is 4.56. The minimum absolute atomic E-state index is 0.177. The molecular weight excluding hydrogens is 296 g/mol. The SMILES string of the molecule is COCC12CCC3C4CCC(C)CC4CCC3C1CCC2C(C)=O. The molecule has 4 aliphatic rings. The Morgan fingerprint density at radius 2 is 1.79 bits per heavy atom. The van der Waals surface area contributed by atoms with Gasteiger partial charge in [0.2, 0.25) is 0 Å². The molecule has 0 radical (unpaired) electrons. The van der Waals surface area contributed by atoms with Gasteiger partial charge >= 0.3 is 0 Å². The zero-order valence-corrected chi connectivity index (χ0v) is 15.9. The van der Waals surface area contributed by atoms with E-state index in [2.05, 4.69) is 6.92 Å². The molecule has 136 valence electrons. The first-order valence-corrected chi connectivity index (χ1v) is 10.6. The molecule has 2 nitrogen and oxygen atoms in total. The van der Waals surface area contributed by atoms with Gasteiger partial charge in [-0.3, -0.25) is 4.79 Å². The van der Waals surface area contributed by atoms with Gasteiger partial charge in [0, 0.05) is 18.4 Å². The van der Waals surface area contributed by atoms with Crippen molar-refractivity contribution in [1.29, 1.82) is 0 Å². The fourth-order valence-corrected chi connectivity index (χ4v) is 8.06. The van der Waals surface area contributed by atoms with E-state index in [9.17, 15) is 4.79 Å². The molecule has 0 aliphatic heterocycles. The molecule has 0 N–H and O–H groups in total. The van der Waals surface area contributed by atoms with Crippen LogP contribution in [0.4, 0.5) is 0 Å². The van der Waals surface area contributed by atoms with E-state index in [-0.39, 0.29) is 11.3 Å². The van der Waals surface area contributed by atoms with Crippen molar-refractivity contribution in [2.45, 2.75) is 71.6 Å². The Balaban J connectivity index is 1.59. The van der Waals surface area contributed by atoms with E-state index in [1.807, 2.05) is 14.0 Å². The van der Waals surface area contributed by atoms with Crippen LogP contribution in [0.2, 0.25) is 0 Å². The molecule has 0 bridgehead atoms. The Labute approximate surface area is 148 Å². The van der Waals surface area contributed by atoms with Crippen LogP contribution in [-0.2, 0) is 9.53 Å². The molecule has 0 heterocycles. The van der Waals surface area contributed by atoms with Crippen LogP contribution < -0.4 is 0 Å². The van der Waals surface area contributed by atoms with Gasteiger partial charge < -0.3 is 4.74 Å². The lowest BCUT2D eigenvalue weighted by Gasteiger charge is -2.56. The van der Waals surface area contributed by atoms with Crippen molar-refractivity contribution in [2.75, 3.05) is 13.7 Å². The predicted octanol–water partition coefficient (Wildman–Crippen LogP) is 5.11. The zero-order chi connectivity index (χ0) is 16.9. The maximum Gasteiger partial charge on any atom is 0.133 e. The minimum Gasteiger partial charge on any atom is -0.384 e. The topological polar surface area (TPSA) is 26.3 Å². The molecule has 4 fully saturated rings. The molecule has 0 saturated heterocycles. The monoisotopic (exact) mass is 332 g/mol. The highest BCUT2D eigenvalue weighted by Gasteiger charge is 2.59. The Morgan fingerprint density at radius 1 is 1.00 bits per heavy atom. The quantitative estimate of drug-likeness (QED) is 0.718. The molecule has 0 amide bonds. The molecule has 0 spiro atoms. The Bertz CT molecular complexity index is 486. The lowest BCUT2D eigenvalue weighted by Crippen LogP contribution is -2.52. The molecule has 0 aromatic heterocycles. The number of Topliss-reactive ketones (excluding diaryl/α,β-unsaturated/α-hetero) is 1. The van der Waals surface area contributed by atoms with Crippen molar-refractivity contribution in [3.8, 4) is 0 Å². The molecule has 8 unspecified atom stereocenters. The second-order valence-electron chi connectivity index (χ2n) is 9.80. The largest absolute Gasteiger partial charge is 0.384 e. The second-order valence-corrected chi connectivity index (χ2v) is 9.80. The van der Waals surface area contributed by atoms with Crippen LogP contribution in [0, 0.1) is 46.8 Å². The summed E-state index contributed by atoms with van der Waals surface area (Å²) in [5.41, 5.74) is 0.177. The van der Waals surface area contributed by atoms with Crippen molar-refractivity contribution >= 4 is 5.78 Å². The molecule has 2 heteroatoms. The molecule has 4 saturated carbocycles. The van der Waals surface area contributed by atoms with E-state index in [1.165, 1.54) is 51.4 Å². The lowest BCUT2D eigenvalue weighted by molar-refractivity contribution is -0.135. The van der Waals surface area contributed by atoms with Gasteiger partial charge in [0.15, 0.2) is 0 Å². The third-order valence-electron chi connectivity index (χ3n) is 8.84. The molecule has 0 aromatic carbocycles. The molecule has 0 aromatic rings. The first kappa shape index (κ1) is 17.1. The summed E-state index contributed by atoms with van der Waals surface area (Å²) >= 11 is 0. The van der Waals surface area contributed by atoms with E-state index in [4.69, 9.17) is 4.74 Å². The average molecular weight is 333 g/mol. The van der Waals surface area contributed by atoms with Crippen LogP contribution in [0.5, 0.6) is 0 Å². The van der Waals surface area contributed by atoms with Crippen LogP contribution in [0.15, 0.2) is 0 Å². The van der Waals surface area contributed by atoms with Crippen molar-refractivity contribution < 1.29 is 9.53 Å². The number of rotatable bonds is 3. The molecule has 8 atom stereocenters. The van der Waals surface area contributed by atoms with Crippen LogP contribution in [0.1, 0.15) is 71.6 Å². The smallest absolute Gasteiger partial charge is 0.133 e. The van der Waals surface area contributed by atoms with Crippen LogP contribution in [0.3, 0.4) is 0 Å². The van der Waals surface area contributed by atoms with Crippen LogP contribution >= 0.6 is 0 Å². The maximum absolute atomic E-state index is 12.3. The van der Waals surface area contributed by atoms with Gasteiger partial charge in [-0.2, -0.15) is 0 Å². The number of ketones is 1. The van der Waals surface area contributed by atoms with Crippen molar-refractivity contribution in [3.05, 3.63) is 0 Å². The number of hydrogen-bond acceptors (Lipinski definition) is 2. The highest BCUT2D eigenvalue weighted by molar-refractivity contribution is 5.79. The average Bonchev–Trinajstić information content (AvgIpc) is 2.94. The number of carbonyl (C=O) groups excluding carboxylic acids is 1. The van der Waals surface area contributed by atoms with E-state index in [0.29, 0.717) is 5.78 Å². The normalized spacial score (nSPS) is 50.7. The minimum atomic E-state index is 0.177. The van der Waals surface area contributed by atoms with E-state index in [0.717, 1.165) is 48.5 Å². The van der Waals surface area contributed by atoms with Crippen LogP contribution in [-0.4, -0.2) is 19.5 Å². The maximum atomic E-state index is 12.3. The fourth-order valence-electron chi connectivity index (χ4n) is 8.06. The summed E-state index contributed by atoms with van der Waals surface area (Å²) < 4.78 is 5.71. The van der Waals surface area contributed by atoms with Crippen molar-refractivity contribution in [1.82, 2.24) is 0 Å². The first-order chi connectivity index (χ1) is 11.6. The third-order valence-corrected chi connectivity index (χ3v) is 8.84. The van der Waals surface area contributed by atoms with Crippen LogP contribution in [0.25, 0.3) is 0 Å². The van der Waals surface area contributed by atoms with Gasteiger partial charge in [-0.15, -0.1) is 0 Å². The molecule has 4 aliphatic carbocycles. The fraction of sp³-hybridized carbons (Fsp3) is 0.955. The number of ether oxygens (including phenoxy) is 1. The standard InChI is InChI=1S/C22H36O2/c1-14-4-6-17-16(12-14)5-7-19-18(17)10-11-22(13-24-3)20(15(2)23)8-9-21(19)22/h14,16-21H,4-13H2,1-3H3. The number of hydrogen-bond donors (Lipinski definition) is 0. The summed E-state index contributed by atoms with van der Waals surface area (Å²) in [5.74, 6) is 6.25. The molecule has 4 rings (SSSR count). The summed E-state index contributed by atoms with van der Waals surface area (Å²) in [5, 5.41) is 0. The highest BCUT2D eigenvalue weighted by atomic mass is 16.5. The Morgan fingerprint density at radius 3 is 2.54 bits per heavy atom. The summed E-state index contributed by atoms with van der Waals surface area (Å²) in [6, 6.07) is 0. The number of carbonyl (C=O) groups is 1. The summed E-state index contributed by atoms with van der Waals surface area (Å²) in [7, 11) is 1.84. The molecule has 24 heavy (non-hydrogen) atoms.